The van der Waals surface area contributed by atoms with Crippen molar-refractivity contribution in [1.82, 2.24) is 4.90 Å². The van der Waals surface area contributed by atoms with Gasteiger partial charge in [0, 0.05) is 31.0 Å². The van der Waals surface area contributed by atoms with Crippen LogP contribution in [0.5, 0.6) is 0 Å². The van der Waals surface area contributed by atoms with Crippen LogP contribution in [0.1, 0.15) is 46.0 Å². The summed E-state index contributed by atoms with van der Waals surface area (Å²) in [7, 11) is 1.42. The van der Waals surface area contributed by atoms with E-state index in [4.69, 9.17) is 4.99 Å². The third-order valence-electron chi connectivity index (χ3n) is 5.06. The minimum Gasteiger partial charge on any atom is -0.469 e. The topological polar surface area (TPSA) is 62.2 Å². The van der Waals surface area contributed by atoms with Crippen LogP contribution < -0.4 is 4.90 Å². The highest BCUT2D eigenvalue weighted by Crippen LogP contribution is 2.50. The summed E-state index contributed by atoms with van der Waals surface area (Å²) in [6.07, 6.45) is 4.27. The van der Waals surface area contributed by atoms with Gasteiger partial charge in [-0.1, -0.05) is 36.7 Å². The van der Waals surface area contributed by atoms with Crippen molar-refractivity contribution in [1.29, 1.82) is 0 Å². The molecule has 1 aromatic carbocycles. The maximum Gasteiger partial charge on any atom is 0.305 e. The van der Waals surface area contributed by atoms with E-state index in [9.17, 15) is 9.59 Å². The minimum atomic E-state index is -0.150. The largest absolute Gasteiger partial charge is 0.469 e. The number of esters is 1. The molecule has 1 amide bonds. The van der Waals surface area contributed by atoms with Crippen molar-refractivity contribution in [2.75, 3.05) is 31.6 Å². The number of ether oxygens (including phenoxy) is 1. The lowest BCUT2D eigenvalue weighted by atomic mass is 10.1. The van der Waals surface area contributed by atoms with Crippen LogP contribution in [0, 0.1) is 0 Å². The van der Waals surface area contributed by atoms with Crippen LogP contribution in [0.3, 0.4) is 0 Å². The number of nitrogens with zero attached hydrogens (tertiary/aromatic N) is 3. The maximum absolute atomic E-state index is 13.1. The lowest BCUT2D eigenvalue weighted by molar-refractivity contribution is -0.140. The summed E-state index contributed by atoms with van der Waals surface area (Å²) in [5.41, 5.74) is 1.17. The molecule has 0 aromatic heterocycles. The first kappa shape index (κ1) is 22.7. The van der Waals surface area contributed by atoms with Crippen LogP contribution in [0.15, 0.2) is 44.1 Å². The fourth-order valence-corrected chi connectivity index (χ4v) is 5.92. The summed E-state index contributed by atoms with van der Waals surface area (Å²) in [6.45, 7) is 6.23. The average molecular weight is 448 g/mol. The Balaban J connectivity index is 1.63. The molecule has 0 radical (unpaired) electrons. The zero-order valence-electron chi connectivity index (χ0n) is 17.8. The summed E-state index contributed by atoms with van der Waals surface area (Å²) in [6, 6.07) is 8.28. The summed E-state index contributed by atoms with van der Waals surface area (Å²) < 4.78 is 4.66. The molecule has 0 aliphatic carbocycles. The summed E-state index contributed by atoms with van der Waals surface area (Å²) in [4.78, 5) is 34.9. The molecule has 0 saturated carbocycles. The van der Waals surface area contributed by atoms with Crippen LogP contribution in [0.2, 0.25) is 0 Å². The van der Waals surface area contributed by atoms with E-state index in [0.717, 1.165) is 47.3 Å². The zero-order chi connectivity index (χ0) is 21.5. The molecule has 3 rings (SSSR count). The Morgan fingerprint density at radius 3 is 2.50 bits per heavy atom. The molecule has 1 fully saturated rings. The number of unbranched alkanes of at least 4 members (excludes halogenated alkanes) is 3. The van der Waals surface area contributed by atoms with Gasteiger partial charge in [0.05, 0.1) is 12.8 Å². The highest BCUT2D eigenvalue weighted by Gasteiger charge is 2.38. The number of methoxy groups -OCH3 is 1. The first-order valence-corrected chi connectivity index (χ1v) is 12.1. The monoisotopic (exact) mass is 447 g/mol. The van der Waals surface area contributed by atoms with E-state index in [-0.39, 0.29) is 11.9 Å². The van der Waals surface area contributed by atoms with Crippen LogP contribution in [0.25, 0.3) is 0 Å². The quantitative estimate of drug-likeness (QED) is 0.306. The lowest BCUT2D eigenvalue weighted by Crippen LogP contribution is -2.29. The van der Waals surface area contributed by atoms with Crippen molar-refractivity contribution in [3.63, 3.8) is 0 Å². The molecule has 30 heavy (non-hydrogen) atoms. The molecule has 0 N–H and O–H groups in total. The van der Waals surface area contributed by atoms with E-state index in [2.05, 4.69) is 28.7 Å². The van der Waals surface area contributed by atoms with Gasteiger partial charge in [-0.25, -0.2) is 0 Å². The molecule has 2 aliphatic rings. The van der Waals surface area contributed by atoms with Gasteiger partial charge in [-0.2, -0.15) is 0 Å². The number of anilines is 1. The second-order valence-electron chi connectivity index (χ2n) is 7.00. The van der Waals surface area contributed by atoms with E-state index < -0.39 is 0 Å². The minimum absolute atomic E-state index is 0.0492. The van der Waals surface area contributed by atoms with E-state index in [1.54, 1.807) is 16.7 Å². The average Bonchev–Trinajstić information content (AvgIpc) is 3.29. The normalized spacial score (nSPS) is 19.7. The Labute approximate surface area is 187 Å². The molecule has 0 bridgehead atoms. The van der Waals surface area contributed by atoms with Gasteiger partial charge in [0.1, 0.15) is 9.93 Å². The number of fused-ring (bicyclic) bond motifs is 1. The fraction of sp³-hybridized carbons (Fsp3) is 0.500. The number of para-hydroxylation sites is 1. The Hall–Kier alpha value is -1.93. The Kier molecular flexibility index (Phi) is 8.27. The van der Waals surface area contributed by atoms with Gasteiger partial charge in [0.25, 0.3) is 5.91 Å². The standard InChI is InChI=1S/C22H29N3O3S2/c1-4-24-16-12-9-10-13-17(16)29-21(24)19-20(27)25(5-2)22(30-19)23-15-11-7-6-8-14-18(26)28-3/h9-10,12-13H,4-8,11,14-15H2,1-3H3. The van der Waals surface area contributed by atoms with E-state index in [1.807, 2.05) is 19.1 Å². The Morgan fingerprint density at radius 1 is 1.03 bits per heavy atom. The number of benzene rings is 1. The molecule has 6 nitrogen and oxygen atoms in total. The molecule has 8 heteroatoms. The Morgan fingerprint density at radius 2 is 1.77 bits per heavy atom. The van der Waals surface area contributed by atoms with Gasteiger partial charge in [0.15, 0.2) is 5.17 Å². The highest BCUT2D eigenvalue weighted by atomic mass is 32.2. The van der Waals surface area contributed by atoms with Crippen LogP contribution in [0.4, 0.5) is 5.69 Å². The van der Waals surface area contributed by atoms with Crippen LogP contribution in [-0.2, 0) is 14.3 Å². The van der Waals surface area contributed by atoms with Gasteiger partial charge in [-0.15, -0.1) is 0 Å². The third kappa shape index (κ3) is 5.03. The predicted molar refractivity (Wildman–Crippen MR) is 125 cm³/mol. The smallest absolute Gasteiger partial charge is 0.305 e. The second kappa shape index (κ2) is 10.9. The Bertz CT molecular complexity index is 854. The zero-order valence-corrected chi connectivity index (χ0v) is 19.5. The van der Waals surface area contributed by atoms with Crippen molar-refractivity contribution in [2.45, 2.75) is 50.8 Å². The number of aliphatic imine (C=N–C) groups is 1. The number of carbonyl (C=O) groups is 2. The molecule has 0 spiro atoms. The van der Waals surface area contributed by atoms with Crippen molar-refractivity contribution in [2.24, 2.45) is 4.99 Å². The number of hydrogen-bond donors (Lipinski definition) is 0. The third-order valence-corrected chi connectivity index (χ3v) is 7.48. The lowest BCUT2D eigenvalue weighted by Gasteiger charge is -2.19. The van der Waals surface area contributed by atoms with Crippen LogP contribution in [-0.4, -0.2) is 48.7 Å². The fourth-order valence-electron chi connectivity index (χ4n) is 3.46. The van der Waals surface area contributed by atoms with Gasteiger partial charge >= 0.3 is 5.97 Å². The second-order valence-corrected chi connectivity index (χ2v) is 9.01. The molecular formula is C22H29N3O3S2. The van der Waals surface area contributed by atoms with Gasteiger partial charge in [-0.3, -0.25) is 19.5 Å². The number of rotatable bonds is 9. The summed E-state index contributed by atoms with van der Waals surface area (Å²) >= 11 is 3.17. The highest BCUT2D eigenvalue weighted by molar-refractivity contribution is 8.19. The molecule has 1 aromatic rings. The number of amides is 1. The summed E-state index contributed by atoms with van der Waals surface area (Å²) in [5, 5.41) is 1.81. The number of hydrogen-bond acceptors (Lipinski definition) is 7. The molecule has 2 aliphatic heterocycles. The number of thioether (sulfide) groups is 2. The number of amidine groups is 1. The number of likely N-dealkylation sites (N-methyl/N-ethyl adjacent to an activating group) is 1. The molecule has 0 unspecified atom stereocenters. The van der Waals surface area contributed by atoms with Crippen molar-refractivity contribution in [3.8, 4) is 0 Å². The molecule has 0 atom stereocenters. The first-order chi connectivity index (χ1) is 14.6. The number of carbonyl (C=O) groups excluding carboxylic acids is 2. The van der Waals surface area contributed by atoms with Crippen molar-refractivity contribution >= 4 is 46.3 Å². The van der Waals surface area contributed by atoms with E-state index >= 15 is 0 Å². The van der Waals surface area contributed by atoms with Gasteiger partial charge in [-0.05, 0) is 50.6 Å². The van der Waals surface area contributed by atoms with Gasteiger partial charge in [0.2, 0.25) is 0 Å². The maximum atomic E-state index is 13.1. The molecular weight excluding hydrogens is 418 g/mol. The van der Waals surface area contributed by atoms with Gasteiger partial charge < -0.3 is 9.64 Å². The first-order valence-electron chi connectivity index (χ1n) is 10.5. The van der Waals surface area contributed by atoms with Crippen molar-refractivity contribution in [3.05, 3.63) is 34.2 Å². The van der Waals surface area contributed by atoms with E-state index in [1.165, 1.54) is 29.5 Å². The molecule has 2 heterocycles. The van der Waals surface area contributed by atoms with Crippen LogP contribution >= 0.6 is 23.5 Å². The SMILES string of the molecule is CCN1C(=O)C(=C2Sc3ccccc3N2CC)SC1=NCCCCCCC(=O)OC. The molecule has 1 saturated heterocycles. The predicted octanol–water partition coefficient (Wildman–Crippen LogP) is 4.86. The molecule has 162 valence electrons. The van der Waals surface area contributed by atoms with E-state index in [0.29, 0.717) is 19.5 Å². The summed E-state index contributed by atoms with van der Waals surface area (Å²) in [5.74, 6) is -0.101. The van der Waals surface area contributed by atoms with Crippen molar-refractivity contribution < 1.29 is 14.3 Å².